The predicted molar refractivity (Wildman–Crippen MR) is 88.6 cm³/mol. The van der Waals surface area contributed by atoms with Gasteiger partial charge in [-0.3, -0.25) is 0 Å². The van der Waals surface area contributed by atoms with Gasteiger partial charge < -0.3 is 19.9 Å². The van der Waals surface area contributed by atoms with Crippen molar-refractivity contribution in [3.63, 3.8) is 0 Å². The Labute approximate surface area is 142 Å². The van der Waals surface area contributed by atoms with Crippen LogP contribution in [0.5, 0.6) is 0 Å². The molecular formula is C17H28N4O3. The van der Waals surface area contributed by atoms with E-state index in [-0.39, 0.29) is 17.5 Å². The Hall–Kier alpha value is -1.63. The fourth-order valence-corrected chi connectivity index (χ4v) is 4.18. The number of aryl methyl sites for hydroxylation is 2. The molecule has 3 rings (SSSR count). The summed E-state index contributed by atoms with van der Waals surface area (Å²) in [5, 5.41) is 9.84. The van der Waals surface area contributed by atoms with Crippen molar-refractivity contribution in [3.05, 3.63) is 11.7 Å². The average molecular weight is 336 g/mol. The van der Waals surface area contributed by atoms with Crippen LogP contribution >= 0.6 is 0 Å². The molecule has 0 radical (unpaired) electrons. The lowest BCUT2D eigenvalue weighted by Crippen LogP contribution is -2.64. The topological polar surface area (TPSA) is 89.3 Å². The van der Waals surface area contributed by atoms with Crippen LogP contribution in [0.25, 0.3) is 0 Å². The lowest BCUT2D eigenvalue weighted by Gasteiger charge is -2.53. The molecular weight excluding hydrogens is 308 g/mol. The average Bonchev–Trinajstić information content (AvgIpc) is 3.21. The van der Waals surface area contributed by atoms with E-state index in [4.69, 9.17) is 9.26 Å². The fourth-order valence-electron chi connectivity index (χ4n) is 4.18. The third-order valence-electron chi connectivity index (χ3n) is 5.42. The second-order valence-corrected chi connectivity index (χ2v) is 6.91. The molecule has 24 heavy (non-hydrogen) atoms. The number of carbonyl (C=O) groups excluding carboxylic acids is 1. The van der Waals surface area contributed by atoms with E-state index in [0.717, 1.165) is 19.4 Å². The number of nitrogens with zero attached hydrogens (tertiary/aromatic N) is 2. The Balaban J connectivity index is 1.39. The minimum absolute atomic E-state index is 0.0806. The molecule has 2 amide bonds. The highest BCUT2D eigenvalue weighted by atomic mass is 16.5. The number of rotatable bonds is 7. The molecule has 1 aromatic rings. The first kappa shape index (κ1) is 17.2. The van der Waals surface area contributed by atoms with E-state index in [1.54, 1.807) is 6.92 Å². The first-order valence-electron chi connectivity index (χ1n) is 9.09. The van der Waals surface area contributed by atoms with Crippen molar-refractivity contribution < 1.29 is 14.1 Å². The molecule has 1 heterocycles. The zero-order valence-electron chi connectivity index (χ0n) is 14.6. The molecule has 0 aliphatic heterocycles. The van der Waals surface area contributed by atoms with Crippen LogP contribution in [0.4, 0.5) is 4.79 Å². The second-order valence-electron chi connectivity index (χ2n) is 6.91. The van der Waals surface area contributed by atoms with Crippen LogP contribution in [0.1, 0.15) is 57.2 Å². The molecule has 0 saturated heterocycles. The third-order valence-corrected chi connectivity index (χ3v) is 5.42. The summed E-state index contributed by atoms with van der Waals surface area (Å²) in [4.78, 5) is 16.3. The van der Waals surface area contributed by atoms with Gasteiger partial charge in [0.25, 0.3) is 0 Å². The van der Waals surface area contributed by atoms with Gasteiger partial charge in [-0.25, -0.2) is 4.79 Å². The van der Waals surface area contributed by atoms with Gasteiger partial charge >= 0.3 is 6.03 Å². The van der Waals surface area contributed by atoms with E-state index in [1.807, 2.05) is 6.92 Å². The van der Waals surface area contributed by atoms with Gasteiger partial charge in [-0.05, 0) is 39.5 Å². The third kappa shape index (κ3) is 3.55. The molecule has 2 aliphatic rings. The summed E-state index contributed by atoms with van der Waals surface area (Å²) in [7, 11) is 0. The molecule has 2 saturated carbocycles. The molecule has 0 bridgehead atoms. The summed E-state index contributed by atoms with van der Waals surface area (Å²) < 4.78 is 10.9. The summed E-state index contributed by atoms with van der Waals surface area (Å²) in [6.07, 6.45) is 7.53. The van der Waals surface area contributed by atoms with Crippen molar-refractivity contribution in [2.75, 3.05) is 13.2 Å². The molecule has 7 heteroatoms. The van der Waals surface area contributed by atoms with Crippen molar-refractivity contribution >= 4 is 6.03 Å². The Morgan fingerprint density at radius 3 is 2.88 bits per heavy atom. The lowest BCUT2D eigenvalue weighted by molar-refractivity contribution is -0.126. The number of aromatic nitrogens is 2. The van der Waals surface area contributed by atoms with Crippen LogP contribution in [-0.4, -0.2) is 41.5 Å². The predicted octanol–water partition coefficient (Wildman–Crippen LogP) is 2.35. The maximum absolute atomic E-state index is 12.2. The molecule has 0 aromatic carbocycles. The molecule has 2 unspecified atom stereocenters. The van der Waals surface area contributed by atoms with Gasteiger partial charge in [0.15, 0.2) is 5.82 Å². The zero-order valence-corrected chi connectivity index (χ0v) is 14.6. The van der Waals surface area contributed by atoms with Crippen molar-refractivity contribution in [3.8, 4) is 0 Å². The normalized spacial score (nSPS) is 24.8. The number of ether oxygens (including phenoxy) is 1. The largest absolute Gasteiger partial charge is 0.378 e. The van der Waals surface area contributed by atoms with Crippen LogP contribution in [0, 0.1) is 12.3 Å². The van der Waals surface area contributed by atoms with Gasteiger partial charge in [0.05, 0.1) is 6.10 Å². The molecule has 7 nitrogen and oxygen atoms in total. The number of hydrogen-bond donors (Lipinski definition) is 2. The number of amides is 2. The summed E-state index contributed by atoms with van der Waals surface area (Å²) in [6.45, 7) is 5.19. The highest BCUT2D eigenvalue weighted by molar-refractivity contribution is 5.74. The van der Waals surface area contributed by atoms with Crippen molar-refractivity contribution in [2.45, 2.75) is 70.9 Å². The van der Waals surface area contributed by atoms with Gasteiger partial charge in [-0.15, -0.1) is 0 Å². The summed E-state index contributed by atoms with van der Waals surface area (Å²) in [5.41, 5.74) is 0.175. The fraction of sp³-hybridized carbons (Fsp3) is 0.824. The van der Waals surface area contributed by atoms with Gasteiger partial charge in [-0.2, -0.15) is 4.98 Å². The molecule has 134 valence electrons. The maximum Gasteiger partial charge on any atom is 0.315 e. The first-order chi connectivity index (χ1) is 11.6. The van der Waals surface area contributed by atoms with Gasteiger partial charge in [0.1, 0.15) is 0 Å². The highest BCUT2D eigenvalue weighted by Crippen LogP contribution is 2.54. The standard InChI is InChI=1S/C17H28N4O3/c1-3-23-14-11-13(17(14)8-4-5-9-17)20-16(22)18-10-6-7-15-19-12(2)21-24-15/h13-14H,3-11H2,1-2H3,(H2,18,20,22). The van der Waals surface area contributed by atoms with Crippen LogP contribution in [0.2, 0.25) is 0 Å². The first-order valence-corrected chi connectivity index (χ1v) is 9.09. The van der Waals surface area contributed by atoms with Crippen molar-refractivity contribution in [1.82, 2.24) is 20.8 Å². The van der Waals surface area contributed by atoms with E-state index < -0.39 is 0 Å². The molecule has 2 N–H and O–H groups in total. The number of hydrogen-bond acceptors (Lipinski definition) is 5. The van der Waals surface area contributed by atoms with E-state index in [0.29, 0.717) is 30.8 Å². The smallest absolute Gasteiger partial charge is 0.315 e. The Morgan fingerprint density at radius 2 is 2.21 bits per heavy atom. The molecule has 2 aliphatic carbocycles. The van der Waals surface area contributed by atoms with Crippen molar-refractivity contribution in [1.29, 1.82) is 0 Å². The van der Waals surface area contributed by atoms with Crippen molar-refractivity contribution in [2.24, 2.45) is 5.41 Å². The monoisotopic (exact) mass is 336 g/mol. The zero-order chi connectivity index (χ0) is 17.0. The molecule has 1 aromatic heterocycles. The van der Waals surface area contributed by atoms with Gasteiger partial charge in [0.2, 0.25) is 5.89 Å². The van der Waals surface area contributed by atoms with Gasteiger partial charge in [-0.1, -0.05) is 18.0 Å². The van der Waals surface area contributed by atoms with Crippen LogP contribution < -0.4 is 10.6 Å². The van der Waals surface area contributed by atoms with Gasteiger partial charge in [0, 0.05) is 31.0 Å². The highest BCUT2D eigenvalue weighted by Gasteiger charge is 2.57. The lowest BCUT2D eigenvalue weighted by atomic mass is 9.60. The Kier molecular flexibility index (Phi) is 5.38. The maximum atomic E-state index is 12.2. The summed E-state index contributed by atoms with van der Waals surface area (Å²) in [5.74, 6) is 1.27. The van der Waals surface area contributed by atoms with E-state index in [1.165, 1.54) is 25.7 Å². The Morgan fingerprint density at radius 1 is 1.42 bits per heavy atom. The minimum Gasteiger partial charge on any atom is -0.378 e. The van der Waals surface area contributed by atoms with Crippen LogP contribution in [-0.2, 0) is 11.2 Å². The molecule has 1 spiro atoms. The minimum atomic E-state index is -0.0806. The summed E-state index contributed by atoms with van der Waals surface area (Å²) in [6, 6.07) is 0.165. The summed E-state index contributed by atoms with van der Waals surface area (Å²) >= 11 is 0. The molecule has 2 fully saturated rings. The number of nitrogens with one attached hydrogen (secondary N) is 2. The van der Waals surface area contributed by atoms with Crippen LogP contribution in [0.15, 0.2) is 4.52 Å². The van der Waals surface area contributed by atoms with Crippen LogP contribution in [0.3, 0.4) is 0 Å². The number of carbonyl (C=O) groups is 1. The van der Waals surface area contributed by atoms with E-state index in [2.05, 4.69) is 20.8 Å². The quantitative estimate of drug-likeness (QED) is 0.746. The van der Waals surface area contributed by atoms with E-state index >= 15 is 0 Å². The van der Waals surface area contributed by atoms with E-state index in [9.17, 15) is 4.79 Å². The molecule has 2 atom stereocenters. The number of urea groups is 1. The second kappa shape index (κ2) is 7.51. The Bertz CT molecular complexity index is 554. The SMILES string of the molecule is CCOC1CC(NC(=O)NCCCc2nc(C)no2)C12CCCC2.